The second kappa shape index (κ2) is 8.82. The van der Waals surface area contributed by atoms with Gasteiger partial charge in [0.2, 0.25) is 0 Å². The Bertz CT molecular complexity index is 1110. The van der Waals surface area contributed by atoms with E-state index in [-0.39, 0.29) is 18.0 Å². The monoisotopic (exact) mass is 402 g/mol. The maximum absolute atomic E-state index is 14.3. The molecule has 4 rings (SSSR count). The predicted molar refractivity (Wildman–Crippen MR) is 113 cm³/mol. The largest absolute Gasteiger partial charge is 0.467 e. The second-order valence-electron chi connectivity index (χ2n) is 7.33. The molecule has 2 aromatic heterocycles. The molecular weight excluding hydrogens is 379 g/mol. The Morgan fingerprint density at radius 3 is 2.50 bits per heavy atom. The summed E-state index contributed by atoms with van der Waals surface area (Å²) in [5, 5.41) is 0. The van der Waals surface area contributed by atoms with Gasteiger partial charge in [-0.15, -0.1) is 0 Å². The summed E-state index contributed by atoms with van der Waals surface area (Å²) in [6, 6.07) is 22.0. The Kier molecular flexibility index (Phi) is 5.80. The summed E-state index contributed by atoms with van der Waals surface area (Å²) in [4.78, 5) is 14.8. The van der Waals surface area contributed by atoms with Crippen molar-refractivity contribution in [1.82, 2.24) is 9.47 Å². The summed E-state index contributed by atoms with van der Waals surface area (Å²) in [5.74, 6) is -0.245. The van der Waals surface area contributed by atoms with E-state index in [0.717, 1.165) is 5.69 Å². The molecule has 0 saturated heterocycles. The lowest BCUT2D eigenvalue weighted by molar-refractivity contribution is 0.0709. The third-order valence-corrected chi connectivity index (χ3v) is 5.07. The molecule has 2 aromatic carbocycles. The zero-order valence-corrected chi connectivity index (χ0v) is 16.8. The molecule has 0 aliphatic rings. The van der Waals surface area contributed by atoms with Crippen LogP contribution < -0.4 is 0 Å². The van der Waals surface area contributed by atoms with Gasteiger partial charge < -0.3 is 13.9 Å². The van der Waals surface area contributed by atoms with Crippen molar-refractivity contribution >= 4 is 5.91 Å². The van der Waals surface area contributed by atoms with Crippen LogP contribution >= 0.6 is 0 Å². The van der Waals surface area contributed by atoms with E-state index in [1.165, 1.54) is 23.3 Å². The van der Waals surface area contributed by atoms with Crippen molar-refractivity contribution in [2.75, 3.05) is 0 Å². The lowest BCUT2D eigenvalue weighted by Gasteiger charge is -2.23. The fourth-order valence-corrected chi connectivity index (χ4v) is 3.43. The molecule has 4 aromatic rings. The maximum atomic E-state index is 14.3. The first kappa shape index (κ1) is 19.7. The highest BCUT2D eigenvalue weighted by molar-refractivity contribution is 5.94. The minimum Gasteiger partial charge on any atom is -0.467 e. The lowest BCUT2D eigenvalue weighted by atomic mass is 10.1. The number of hydrogen-bond donors (Lipinski definition) is 0. The standard InChI is InChI=1S/C25H23FN2O2/c1-19-10-12-20(13-11-19)16-27-14-4-6-21(27)17-28(18-22-7-5-15-30-22)25(29)23-8-2-3-9-24(23)26/h2-15H,16-18H2,1H3. The second-order valence-corrected chi connectivity index (χ2v) is 7.33. The van der Waals surface area contributed by atoms with E-state index in [9.17, 15) is 9.18 Å². The zero-order chi connectivity index (χ0) is 20.9. The topological polar surface area (TPSA) is 38.4 Å². The van der Waals surface area contributed by atoms with Crippen molar-refractivity contribution in [3.63, 3.8) is 0 Å². The maximum Gasteiger partial charge on any atom is 0.257 e. The summed E-state index contributed by atoms with van der Waals surface area (Å²) in [6.07, 6.45) is 3.56. The molecule has 0 saturated carbocycles. The summed E-state index contributed by atoms with van der Waals surface area (Å²) in [7, 11) is 0. The molecule has 0 bridgehead atoms. The molecule has 0 aliphatic heterocycles. The molecule has 0 unspecified atom stereocenters. The fourth-order valence-electron chi connectivity index (χ4n) is 3.43. The quantitative estimate of drug-likeness (QED) is 0.414. The number of hydrogen-bond acceptors (Lipinski definition) is 2. The van der Waals surface area contributed by atoms with Gasteiger partial charge in [0.1, 0.15) is 11.6 Å². The van der Waals surface area contributed by atoms with Gasteiger partial charge in [-0.3, -0.25) is 4.79 Å². The van der Waals surface area contributed by atoms with Gasteiger partial charge in [0.05, 0.1) is 24.9 Å². The third-order valence-electron chi connectivity index (χ3n) is 5.07. The van der Waals surface area contributed by atoms with E-state index in [0.29, 0.717) is 18.8 Å². The Morgan fingerprint density at radius 1 is 0.967 bits per heavy atom. The zero-order valence-electron chi connectivity index (χ0n) is 16.8. The highest BCUT2D eigenvalue weighted by Gasteiger charge is 2.21. The molecule has 0 fully saturated rings. The molecule has 2 heterocycles. The van der Waals surface area contributed by atoms with Gasteiger partial charge in [0, 0.05) is 18.4 Å². The van der Waals surface area contributed by atoms with Crippen LogP contribution in [-0.4, -0.2) is 15.4 Å². The number of aryl methyl sites for hydroxylation is 1. The molecule has 30 heavy (non-hydrogen) atoms. The number of halogens is 1. The van der Waals surface area contributed by atoms with Crippen LogP contribution in [0.1, 0.15) is 32.9 Å². The van der Waals surface area contributed by atoms with E-state index in [1.807, 2.05) is 24.4 Å². The smallest absolute Gasteiger partial charge is 0.257 e. The molecule has 0 radical (unpaired) electrons. The minimum atomic E-state index is -0.526. The van der Waals surface area contributed by atoms with Crippen LogP contribution in [0.25, 0.3) is 0 Å². The predicted octanol–water partition coefficient (Wildman–Crippen LogP) is 5.42. The van der Waals surface area contributed by atoms with Crippen molar-refractivity contribution in [2.45, 2.75) is 26.6 Å². The van der Waals surface area contributed by atoms with E-state index >= 15 is 0 Å². The Hall–Kier alpha value is -3.60. The van der Waals surface area contributed by atoms with E-state index < -0.39 is 5.82 Å². The average molecular weight is 402 g/mol. The number of carbonyl (C=O) groups is 1. The highest BCUT2D eigenvalue weighted by Crippen LogP contribution is 2.18. The van der Waals surface area contributed by atoms with Crippen LogP contribution in [0.5, 0.6) is 0 Å². The first-order valence-electron chi connectivity index (χ1n) is 9.86. The molecule has 152 valence electrons. The number of amides is 1. The lowest BCUT2D eigenvalue weighted by Crippen LogP contribution is -2.31. The Balaban J connectivity index is 1.59. The minimum absolute atomic E-state index is 0.0562. The summed E-state index contributed by atoms with van der Waals surface area (Å²) in [5.41, 5.74) is 3.41. The average Bonchev–Trinajstić information content (AvgIpc) is 3.41. The van der Waals surface area contributed by atoms with Gasteiger partial charge in [-0.05, 0) is 48.9 Å². The van der Waals surface area contributed by atoms with Gasteiger partial charge in [-0.2, -0.15) is 0 Å². The van der Waals surface area contributed by atoms with Crippen LogP contribution in [0.3, 0.4) is 0 Å². The van der Waals surface area contributed by atoms with Crippen LogP contribution in [-0.2, 0) is 19.6 Å². The first-order valence-corrected chi connectivity index (χ1v) is 9.86. The summed E-state index contributed by atoms with van der Waals surface area (Å²) < 4.78 is 21.8. The normalized spacial score (nSPS) is 10.9. The summed E-state index contributed by atoms with van der Waals surface area (Å²) in [6.45, 7) is 3.36. The molecule has 0 N–H and O–H groups in total. The Morgan fingerprint density at radius 2 is 1.77 bits per heavy atom. The number of nitrogens with zero attached hydrogens (tertiary/aromatic N) is 2. The van der Waals surface area contributed by atoms with Crippen LogP contribution in [0.2, 0.25) is 0 Å². The number of furan rings is 1. The number of carbonyl (C=O) groups excluding carboxylic acids is 1. The van der Waals surface area contributed by atoms with E-state index in [1.54, 1.807) is 29.4 Å². The van der Waals surface area contributed by atoms with Gasteiger partial charge in [0.25, 0.3) is 5.91 Å². The van der Waals surface area contributed by atoms with Crippen molar-refractivity contribution in [2.24, 2.45) is 0 Å². The Labute approximate surface area is 175 Å². The molecule has 0 aliphatic carbocycles. The van der Waals surface area contributed by atoms with Gasteiger partial charge >= 0.3 is 0 Å². The number of benzene rings is 2. The van der Waals surface area contributed by atoms with Crippen LogP contribution in [0, 0.1) is 12.7 Å². The van der Waals surface area contributed by atoms with Gasteiger partial charge in [-0.25, -0.2) is 4.39 Å². The molecule has 1 amide bonds. The van der Waals surface area contributed by atoms with Crippen LogP contribution in [0.15, 0.2) is 89.7 Å². The van der Waals surface area contributed by atoms with Crippen molar-refractivity contribution in [1.29, 1.82) is 0 Å². The van der Waals surface area contributed by atoms with E-state index in [2.05, 4.69) is 35.8 Å². The third kappa shape index (κ3) is 4.51. The summed E-state index contributed by atoms with van der Waals surface area (Å²) >= 11 is 0. The SMILES string of the molecule is Cc1ccc(Cn2cccc2CN(Cc2ccco2)C(=O)c2ccccc2F)cc1. The van der Waals surface area contributed by atoms with Crippen molar-refractivity contribution in [3.8, 4) is 0 Å². The van der Waals surface area contributed by atoms with Gasteiger partial charge in [-0.1, -0.05) is 42.0 Å². The highest BCUT2D eigenvalue weighted by atomic mass is 19.1. The van der Waals surface area contributed by atoms with Crippen LogP contribution in [0.4, 0.5) is 4.39 Å². The van der Waals surface area contributed by atoms with Crippen molar-refractivity contribution in [3.05, 3.63) is 119 Å². The first-order chi connectivity index (χ1) is 14.6. The molecular formula is C25H23FN2O2. The fraction of sp³-hybridized carbons (Fsp3) is 0.160. The van der Waals surface area contributed by atoms with E-state index in [4.69, 9.17) is 4.42 Å². The molecule has 0 spiro atoms. The number of aromatic nitrogens is 1. The van der Waals surface area contributed by atoms with Crippen molar-refractivity contribution < 1.29 is 13.6 Å². The molecule has 0 atom stereocenters. The molecule has 5 heteroatoms. The molecule has 4 nitrogen and oxygen atoms in total. The number of rotatable bonds is 7. The van der Waals surface area contributed by atoms with Gasteiger partial charge in [0.15, 0.2) is 0 Å².